The highest BCUT2D eigenvalue weighted by atomic mass is 32.1. The molecule has 1 saturated heterocycles. The Kier molecular flexibility index (Phi) is 4.48. The van der Waals surface area contributed by atoms with E-state index >= 15 is 0 Å². The normalized spacial score (nSPS) is 13.9. The molecule has 0 unspecified atom stereocenters. The zero-order valence-electron chi connectivity index (χ0n) is 15.5. The van der Waals surface area contributed by atoms with Crippen molar-refractivity contribution in [3.63, 3.8) is 0 Å². The molecule has 6 nitrogen and oxygen atoms in total. The van der Waals surface area contributed by atoms with E-state index in [0.717, 1.165) is 41.9 Å². The van der Waals surface area contributed by atoms with Gasteiger partial charge in [-0.2, -0.15) is 0 Å². The van der Waals surface area contributed by atoms with Gasteiger partial charge in [0.05, 0.1) is 11.1 Å². The van der Waals surface area contributed by atoms with Crippen LogP contribution in [0, 0.1) is 5.82 Å². The summed E-state index contributed by atoms with van der Waals surface area (Å²) in [5, 5.41) is 4.86. The van der Waals surface area contributed by atoms with Gasteiger partial charge in [0.15, 0.2) is 5.65 Å². The number of halogens is 1. The second-order valence-electron chi connectivity index (χ2n) is 6.98. The van der Waals surface area contributed by atoms with Gasteiger partial charge in [-0.1, -0.05) is 6.07 Å². The number of aromatic amines is 1. The molecule has 0 radical (unpaired) electrons. The van der Waals surface area contributed by atoms with E-state index in [9.17, 15) is 9.18 Å². The predicted molar refractivity (Wildman–Crippen MR) is 112 cm³/mol. The highest BCUT2D eigenvalue weighted by Crippen LogP contribution is 2.29. The number of likely N-dealkylation sites (tertiary alicyclic amines) is 1. The third-order valence-electron chi connectivity index (χ3n) is 5.01. The SMILES string of the molecule is O=C(Nc1ccc(F)c(-c2nc3ncc(-c4cccs4)cc3[nH]2)c1)N1CCCC1. The van der Waals surface area contributed by atoms with Gasteiger partial charge < -0.3 is 15.2 Å². The van der Waals surface area contributed by atoms with Gasteiger partial charge in [-0.05, 0) is 48.6 Å². The van der Waals surface area contributed by atoms with Gasteiger partial charge in [0, 0.05) is 35.4 Å². The van der Waals surface area contributed by atoms with Crippen molar-refractivity contribution >= 4 is 34.2 Å². The molecular weight excluding hydrogens is 389 g/mol. The summed E-state index contributed by atoms with van der Waals surface area (Å²) in [6, 6.07) is 10.3. The maximum Gasteiger partial charge on any atom is 0.321 e. The number of hydrogen-bond acceptors (Lipinski definition) is 4. The minimum absolute atomic E-state index is 0.160. The second kappa shape index (κ2) is 7.29. The van der Waals surface area contributed by atoms with Gasteiger partial charge in [-0.3, -0.25) is 0 Å². The van der Waals surface area contributed by atoms with Crippen LogP contribution in [0.25, 0.3) is 33.0 Å². The highest BCUT2D eigenvalue weighted by Gasteiger charge is 2.19. The summed E-state index contributed by atoms with van der Waals surface area (Å²) in [6.07, 6.45) is 3.80. The predicted octanol–water partition coefficient (Wildman–Crippen LogP) is 5.12. The van der Waals surface area contributed by atoms with Crippen molar-refractivity contribution < 1.29 is 9.18 Å². The number of nitrogens with zero attached hydrogens (tertiary/aromatic N) is 3. The maximum absolute atomic E-state index is 14.5. The van der Waals surface area contributed by atoms with Crippen LogP contribution in [-0.2, 0) is 0 Å². The van der Waals surface area contributed by atoms with E-state index in [1.165, 1.54) is 6.07 Å². The number of carbonyl (C=O) groups is 1. The largest absolute Gasteiger partial charge is 0.336 e. The van der Waals surface area contributed by atoms with E-state index in [4.69, 9.17) is 0 Å². The van der Waals surface area contributed by atoms with Crippen LogP contribution in [0.15, 0.2) is 48.0 Å². The molecule has 2 amide bonds. The van der Waals surface area contributed by atoms with E-state index in [1.54, 1.807) is 34.6 Å². The third kappa shape index (κ3) is 3.47. The second-order valence-corrected chi connectivity index (χ2v) is 7.92. The summed E-state index contributed by atoms with van der Waals surface area (Å²) in [5.74, 6) is -0.0349. The van der Waals surface area contributed by atoms with E-state index < -0.39 is 5.82 Å². The first-order valence-electron chi connectivity index (χ1n) is 9.43. The molecule has 4 heterocycles. The fourth-order valence-electron chi connectivity index (χ4n) is 3.51. The molecule has 2 N–H and O–H groups in total. The lowest BCUT2D eigenvalue weighted by Crippen LogP contribution is -2.32. The lowest BCUT2D eigenvalue weighted by Gasteiger charge is -2.16. The molecule has 5 rings (SSSR count). The topological polar surface area (TPSA) is 73.9 Å². The van der Waals surface area contributed by atoms with Crippen LogP contribution in [0.5, 0.6) is 0 Å². The van der Waals surface area contributed by atoms with Crippen LogP contribution in [0.3, 0.4) is 0 Å². The van der Waals surface area contributed by atoms with Gasteiger partial charge >= 0.3 is 6.03 Å². The average Bonchev–Trinajstić information content (AvgIpc) is 3.49. The van der Waals surface area contributed by atoms with Crippen molar-refractivity contribution in [2.24, 2.45) is 0 Å². The Morgan fingerprint density at radius 1 is 1.21 bits per heavy atom. The van der Waals surface area contributed by atoms with E-state index in [0.29, 0.717) is 22.7 Å². The Labute approximate surface area is 170 Å². The zero-order valence-corrected chi connectivity index (χ0v) is 16.3. The Hall–Kier alpha value is -3.26. The summed E-state index contributed by atoms with van der Waals surface area (Å²) in [5.41, 5.74) is 3.06. The summed E-state index contributed by atoms with van der Waals surface area (Å²) in [6.45, 7) is 1.50. The molecule has 0 aliphatic carbocycles. The van der Waals surface area contributed by atoms with Crippen molar-refractivity contribution in [2.75, 3.05) is 18.4 Å². The molecule has 0 saturated carbocycles. The molecule has 0 atom stereocenters. The number of thiophene rings is 1. The molecule has 8 heteroatoms. The molecule has 146 valence electrons. The number of carbonyl (C=O) groups excluding carboxylic acids is 1. The van der Waals surface area contributed by atoms with Gasteiger partial charge in [-0.25, -0.2) is 19.2 Å². The number of nitrogens with one attached hydrogen (secondary N) is 2. The Morgan fingerprint density at radius 3 is 2.86 bits per heavy atom. The number of benzene rings is 1. The van der Waals surface area contributed by atoms with Gasteiger partial charge in [0.25, 0.3) is 0 Å². The van der Waals surface area contributed by atoms with E-state index in [1.807, 2.05) is 23.6 Å². The molecule has 4 aromatic rings. The number of pyridine rings is 1. The highest BCUT2D eigenvalue weighted by molar-refractivity contribution is 7.13. The number of urea groups is 1. The smallest absolute Gasteiger partial charge is 0.321 e. The molecular formula is C21H18FN5OS. The van der Waals surface area contributed by atoms with Crippen LogP contribution in [0.2, 0.25) is 0 Å². The first-order chi connectivity index (χ1) is 14.2. The van der Waals surface area contributed by atoms with E-state index in [-0.39, 0.29) is 6.03 Å². The van der Waals surface area contributed by atoms with Gasteiger partial charge in [0.2, 0.25) is 0 Å². The number of H-pyrrole nitrogens is 1. The molecule has 1 aliphatic rings. The number of rotatable bonds is 3. The molecule has 0 bridgehead atoms. The van der Waals surface area contributed by atoms with Crippen LogP contribution in [0.1, 0.15) is 12.8 Å². The lowest BCUT2D eigenvalue weighted by atomic mass is 10.1. The molecule has 29 heavy (non-hydrogen) atoms. The number of imidazole rings is 1. The van der Waals surface area contributed by atoms with Crippen molar-refractivity contribution in [1.82, 2.24) is 19.9 Å². The number of hydrogen-bond donors (Lipinski definition) is 2. The molecule has 1 fully saturated rings. The third-order valence-corrected chi connectivity index (χ3v) is 5.93. The summed E-state index contributed by atoms with van der Waals surface area (Å²) in [4.78, 5) is 27.2. The quantitative estimate of drug-likeness (QED) is 0.495. The zero-order chi connectivity index (χ0) is 19.8. The van der Waals surface area contributed by atoms with Gasteiger partial charge in [-0.15, -0.1) is 11.3 Å². The van der Waals surface area contributed by atoms with Crippen LogP contribution < -0.4 is 5.32 Å². The van der Waals surface area contributed by atoms with Crippen LogP contribution in [-0.4, -0.2) is 39.0 Å². The Bertz CT molecular complexity index is 1180. The lowest BCUT2D eigenvalue weighted by molar-refractivity contribution is 0.222. The first kappa shape index (κ1) is 17.8. The first-order valence-corrected chi connectivity index (χ1v) is 10.3. The van der Waals surface area contributed by atoms with Crippen molar-refractivity contribution in [2.45, 2.75) is 12.8 Å². The fourth-order valence-corrected chi connectivity index (χ4v) is 4.22. The summed E-state index contributed by atoms with van der Waals surface area (Å²) < 4.78 is 14.5. The molecule has 0 spiro atoms. The van der Waals surface area contributed by atoms with Crippen molar-refractivity contribution in [3.05, 3.63) is 53.8 Å². The Morgan fingerprint density at radius 2 is 2.07 bits per heavy atom. The number of fused-ring (bicyclic) bond motifs is 1. The standard InChI is InChI=1S/C21H18FN5OS/c22-16-6-5-14(24-21(28)27-7-1-2-8-27)11-15(16)19-25-17-10-13(12-23-20(17)26-19)18-4-3-9-29-18/h3-6,9-12H,1-2,7-8H2,(H,24,28)(H,23,25,26). The summed E-state index contributed by atoms with van der Waals surface area (Å²) >= 11 is 1.63. The Balaban J connectivity index is 1.46. The van der Waals surface area contributed by atoms with Crippen LogP contribution >= 0.6 is 11.3 Å². The van der Waals surface area contributed by atoms with E-state index in [2.05, 4.69) is 20.3 Å². The minimum Gasteiger partial charge on any atom is -0.336 e. The summed E-state index contributed by atoms with van der Waals surface area (Å²) in [7, 11) is 0. The number of anilines is 1. The van der Waals surface area contributed by atoms with Crippen molar-refractivity contribution in [3.8, 4) is 21.8 Å². The minimum atomic E-state index is -0.415. The number of amides is 2. The average molecular weight is 407 g/mol. The number of aromatic nitrogens is 3. The van der Waals surface area contributed by atoms with Gasteiger partial charge in [0.1, 0.15) is 11.6 Å². The molecule has 3 aromatic heterocycles. The van der Waals surface area contributed by atoms with Crippen LogP contribution in [0.4, 0.5) is 14.9 Å². The molecule has 1 aromatic carbocycles. The maximum atomic E-state index is 14.5. The monoisotopic (exact) mass is 407 g/mol. The molecule has 1 aliphatic heterocycles. The van der Waals surface area contributed by atoms with Crippen molar-refractivity contribution in [1.29, 1.82) is 0 Å². The fraction of sp³-hybridized carbons (Fsp3) is 0.190.